The zero-order valence-corrected chi connectivity index (χ0v) is 17.2. The minimum atomic E-state index is -0.495. The summed E-state index contributed by atoms with van der Waals surface area (Å²) in [6, 6.07) is 10.5. The maximum absolute atomic E-state index is 13.2. The number of nitrogens with zero attached hydrogens (tertiary/aromatic N) is 3. The van der Waals surface area contributed by atoms with E-state index in [1.807, 2.05) is 11.0 Å². The van der Waals surface area contributed by atoms with Crippen molar-refractivity contribution in [3.8, 4) is 0 Å². The Balaban J connectivity index is 1.51. The van der Waals surface area contributed by atoms with Gasteiger partial charge in [-0.25, -0.2) is 4.79 Å². The number of urea groups is 1. The van der Waals surface area contributed by atoms with Crippen molar-refractivity contribution in [1.29, 1.82) is 0 Å². The molecule has 2 aromatic carbocycles. The minimum Gasteiger partial charge on any atom is -0.371 e. The Morgan fingerprint density at radius 1 is 0.839 bits per heavy atom. The molecule has 3 amide bonds. The van der Waals surface area contributed by atoms with Crippen LogP contribution in [0.2, 0.25) is 0 Å². The Morgan fingerprint density at radius 2 is 1.42 bits per heavy atom. The van der Waals surface area contributed by atoms with E-state index in [2.05, 4.69) is 15.5 Å². The smallest absolute Gasteiger partial charge is 0.323 e. The predicted octanol–water partition coefficient (Wildman–Crippen LogP) is 4.08. The van der Waals surface area contributed by atoms with Crippen molar-refractivity contribution < 1.29 is 14.5 Å². The molecule has 0 radical (unpaired) electrons. The molecular formula is C22H25N5O4. The van der Waals surface area contributed by atoms with Gasteiger partial charge >= 0.3 is 6.03 Å². The number of nitro groups is 1. The molecule has 31 heavy (non-hydrogen) atoms. The van der Waals surface area contributed by atoms with Crippen LogP contribution in [0.25, 0.3) is 0 Å². The fourth-order valence-electron chi connectivity index (χ4n) is 4.07. The molecular weight excluding hydrogens is 398 g/mol. The van der Waals surface area contributed by atoms with Crippen molar-refractivity contribution in [1.82, 2.24) is 4.90 Å². The summed E-state index contributed by atoms with van der Waals surface area (Å²) >= 11 is 0. The maximum atomic E-state index is 13.2. The first-order valence-corrected chi connectivity index (χ1v) is 10.5. The van der Waals surface area contributed by atoms with E-state index in [0.717, 1.165) is 57.5 Å². The number of nitrogens with one attached hydrogen (secondary N) is 2. The third kappa shape index (κ3) is 4.76. The summed E-state index contributed by atoms with van der Waals surface area (Å²) < 4.78 is 0. The standard InChI is InChI=1S/C22H25N5O4/c28-21(26-13-3-4-14-26)19-15-17(7-10-20(19)25-11-1-2-12-25)24-22(29)23-16-5-8-18(9-6-16)27(30)31/h5-10,15H,1-4,11-14H2,(H2,23,24,29). The molecule has 2 aliphatic rings. The fourth-order valence-corrected chi connectivity index (χ4v) is 4.07. The topological polar surface area (TPSA) is 108 Å². The molecule has 0 aliphatic carbocycles. The summed E-state index contributed by atoms with van der Waals surface area (Å²) in [6.45, 7) is 3.37. The normalized spacial score (nSPS) is 15.7. The van der Waals surface area contributed by atoms with Crippen LogP contribution in [0.4, 0.5) is 27.5 Å². The molecule has 0 unspecified atom stereocenters. The Labute approximate surface area is 180 Å². The van der Waals surface area contributed by atoms with Crippen molar-refractivity contribution in [2.75, 3.05) is 41.7 Å². The van der Waals surface area contributed by atoms with Crippen LogP contribution in [-0.4, -0.2) is 47.9 Å². The summed E-state index contributed by atoms with van der Waals surface area (Å²) in [6.07, 6.45) is 4.24. The number of anilines is 3. The van der Waals surface area contributed by atoms with Crippen molar-refractivity contribution >= 4 is 34.7 Å². The number of carbonyl (C=O) groups is 2. The van der Waals surface area contributed by atoms with Crippen molar-refractivity contribution in [2.45, 2.75) is 25.7 Å². The highest BCUT2D eigenvalue weighted by Crippen LogP contribution is 2.29. The van der Waals surface area contributed by atoms with Gasteiger partial charge in [-0.1, -0.05) is 0 Å². The van der Waals surface area contributed by atoms with Crippen molar-refractivity contribution in [2.24, 2.45) is 0 Å². The number of non-ortho nitro benzene ring substituents is 1. The molecule has 2 aliphatic heterocycles. The highest BCUT2D eigenvalue weighted by Gasteiger charge is 2.25. The van der Waals surface area contributed by atoms with Gasteiger partial charge in [0, 0.05) is 55.4 Å². The lowest BCUT2D eigenvalue weighted by atomic mass is 10.1. The van der Waals surface area contributed by atoms with Gasteiger partial charge in [0.2, 0.25) is 0 Å². The van der Waals surface area contributed by atoms with E-state index in [1.165, 1.54) is 24.3 Å². The predicted molar refractivity (Wildman–Crippen MR) is 119 cm³/mol. The second kappa shape index (κ2) is 9.03. The first-order chi connectivity index (χ1) is 15.0. The van der Waals surface area contributed by atoms with E-state index in [4.69, 9.17) is 0 Å². The Morgan fingerprint density at radius 3 is 2.06 bits per heavy atom. The van der Waals surface area contributed by atoms with Gasteiger partial charge in [-0.05, 0) is 56.0 Å². The molecule has 162 valence electrons. The Hall–Kier alpha value is -3.62. The number of hydrogen-bond donors (Lipinski definition) is 2. The average molecular weight is 423 g/mol. The highest BCUT2D eigenvalue weighted by molar-refractivity contribution is 6.04. The van der Waals surface area contributed by atoms with Gasteiger partial charge in [0.25, 0.3) is 11.6 Å². The Kier molecular flexibility index (Phi) is 6.01. The molecule has 0 spiro atoms. The second-order valence-electron chi connectivity index (χ2n) is 7.81. The lowest BCUT2D eigenvalue weighted by Gasteiger charge is -2.24. The van der Waals surface area contributed by atoms with E-state index >= 15 is 0 Å². The van der Waals surface area contributed by atoms with Crippen molar-refractivity contribution in [3.05, 3.63) is 58.1 Å². The van der Waals surface area contributed by atoms with Gasteiger partial charge in [0.05, 0.1) is 10.5 Å². The lowest BCUT2D eigenvalue weighted by Crippen LogP contribution is -2.30. The third-order valence-electron chi connectivity index (χ3n) is 5.66. The number of hydrogen-bond acceptors (Lipinski definition) is 5. The van der Waals surface area contributed by atoms with E-state index in [-0.39, 0.29) is 11.6 Å². The molecule has 0 aromatic heterocycles. The van der Waals surface area contributed by atoms with Crippen LogP contribution < -0.4 is 15.5 Å². The van der Waals surface area contributed by atoms with Gasteiger partial charge in [-0.15, -0.1) is 0 Å². The summed E-state index contributed by atoms with van der Waals surface area (Å²) in [5.74, 6) is -0.00109. The van der Waals surface area contributed by atoms with Gasteiger partial charge in [0.15, 0.2) is 0 Å². The molecule has 2 saturated heterocycles. The van der Waals surface area contributed by atoms with Gasteiger partial charge in [-0.3, -0.25) is 14.9 Å². The van der Waals surface area contributed by atoms with Crippen LogP contribution in [0.15, 0.2) is 42.5 Å². The van der Waals surface area contributed by atoms with Gasteiger partial charge in [0.1, 0.15) is 0 Å². The molecule has 2 fully saturated rings. The van der Waals surface area contributed by atoms with E-state index in [1.54, 1.807) is 12.1 Å². The van der Waals surface area contributed by atoms with Crippen molar-refractivity contribution in [3.63, 3.8) is 0 Å². The van der Waals surface area contributed by atoms with Crippen LogP contribution in [-0.2, 0) is 0 Å². The van der Waals surface area contributed by atoms with E-state index in [0.29, 0.717) is 16.9 Å². The highest BCUT2D eigenvalue weighted by atomic mass is 16.6. The number of nitro benzene ring substituents is 1. The molecule has 4 rings (SSSR count). The van der Waals surface area contributed by atoms with Gasteiger partial charge in [-0.2, -0.15) is 0 Å². The SMILES string of the molecule is O=C(Nc1ccc([N+](=O)[O-])cc1)Nc1ccc(N2CCCC2)c(C(=O)N2CCCC2)c1. The molecule has 9 heteroatoms. The summed E-state index contributed by atoms with van der Waals surface area (Å²) in [5, 5.41) is 16.2. The first kappa shape index (κ1) is 20.6. The average Bonchev–Trinajstić information content (AvgIpc) is 3.48. The molecule has 0 saturated carbocycles. The fraction of sp³-hybridized carbons (Fsp3) is 0.364. The number of rotatable bonds is 5. The largest absolute Gasteiger partial charge is 0.371 e. The third-order valence-corrected chi connectivity index (χ3v) is 5.66. The maximum Gasteiger partial charge on any atom is 0.323 e. The number of carbonyl (C=O) groups excluding carboxylic acids is 2. The van der Waals surface area contributed by atoms with Crippen LogP contribution in [0.3, 0.4) is 0 Å². The molecule has 2 aromatic rings. The molecule has 2 heterocycles. The molecule has 0 bridgehead atoms. The Bertz CT molecular complexity index is 980. The van der Waals surface area contributed by atoms with E-state index in [9.17, 15) is 19.7 Å². The minimum absolute atomic E-state index is 0.00109. The first-order valence-electron chi connectivity index (χ1n) is 10.5. The van der Waals surface area contributed by atoms with Crippen LogP contribution >= 0.6 is 0 Å². The zero-order valence-electron chi connectivity index (χ0n) is 17.2. The monoisotopic (exact) mass is 423 g/mol. The quantitative estimate of drug-likeness (QED) is 0.557. The summed E-state index contributed by atoms with van der Waals surface area (Å²) in [4.78, 5) is 39.9. The summed E-state index contributed by atoms with van der Waals surface area (Å²) in [5.41, 5.74) is 2.43. The van der Waals surface area contributed by atoms with Gasteiger partial charge < -0.3 is 20.4 Å². The van der Waals surface area contributed by atoms with Crippen LogP contribution in [0, 0.1) is 10.1 Å². The van der Waals surface area contributed by atoms with Crippen LogP contribution in [0.5, 0.6) is 0 Å². The number of amides is 3. The zero-order chi connectivity index (χ0) is 21.8. The second-order valence-corrected chi connectivity index (χ2v) is 7.81. The summed E-state index contributed by atoms with van der Waals surface area (Å²) in [7, 11) is 0. The lowest BCUT2D eigenvalue weighted by molar-refractivity contribution is -0.384. The van der Waals surface area contributed by atoms with Crippen LogP contribution in [0.1, 0.15) is 36.0 Å². The van der Waals surface area contributed by atoms with E-state index < -0.39 is 11.0 Å². The number of likely N-dealkylation sites (tertiary alicyclic amines) is 1. The number of benzene rings is 2. The molecule has 0 atom stereocenters. The molecule has 2 N–H and O–H groups in total. The molecule has 9 nitrogen and oxygen atoms in total.